The summed E-state index contributed by atoms with van der Waals surface area (Å²) >= 11 is 0. The number of rotatable bonds is 1. The molecule has 0 radical (unpaired) electrons. The van der Waals surface area contributed by atoms with Crippen molar-refractivity contribution in [1.82, 2.24) is 19.7 Å². The first-order valence-electron chi connectivity index (χ1n) is 3.86. The molecule has 0 aliphatic carbocycles. The van der Waals surface area contributed by atoms with Gasteiger partial charge in [0, 0.05) is 0 Å². The van der Waals surface area contributed by atoms with Crippen LogP contribution in [-0.4, -0.2) is 19.7 Å². The molecule has 0 aliphatic heterocycles. The fourth-order valence-electron chi connectivity index (χ4n) is 0.989. The fourth-order valence-corrected chi connectivity index (χ4v) is 0.989. The van der Waals surface area contributed by atoms with Crippen molar-refractivity contribution in [2.45, 2.75) is 6.92 Å². The second kappa shape index (κ2) is 2.85. The number of nitrogen functional groups attached to an aromatic ring is 1. The van der Waals surface area contributed by atoms with Crippen LogP contribution in [-0.2, 0) is 0 Å². The highest BCUT2D eigenvalue weighted by molar-refractivity contribution is 5.38. The molecule has 2 rings (SSSR count). The average molecular weight is 175 g/mol. The molecule has 66 valence electrons. The number of aromatic nitrogens is 4. The highest BCUT2D eigenvalue weighted by atomic mass is 15.4. The Kier molecular flexibility index (Phi) is 1.70. The molecular formula is C8H9N5. The summed E-state index contributed by atoms with van der Waals surface area (Å²) in [6, 6.07) is 3.57. The van der Waals surface area contributed by atoms with Crippen molar-refractivity contribution < 1.29 is 0 Å². The van der Waals surface area contributed by atoms with Gasteiger partial charge in [0.05, 0.1) is 11.9 Å². The highest BCUT2D eigenvalue weighted by Gasteiger charge is 1.98. The number of aryl methyl sites for hydroxylation is 1. The van der Waals surface area contributed by atoms with E-state index in [1.807, 2.05) is 6.92 Å². The lowest BCUT2D eigenvalue weighted by Crippen LogP contribution is -1.98. The molecule has 2 aromatic heterocycles. The van der Waals surface area contributed by atoms with Crippen LogP contribution in [0.25, 0.3) is 5.82 Å². The molecule has 2 N–H and O–H groups in total. The summed E-state index contributed by atoms with van der Waals surface area (Å²) in [5.74, 6) is 1.44. The van der Waals surface area contributed by atoms with Gasteiger partial charge in [0.1, 0.15) is 12.2 Å². The van der Waals surface area contributed by atoms with Crippen LogP contribution in [0.3, 0.4) is 0 Å². The molecule has 5 nitrogen and oxygen atoms in total. The molecule has 0 amide bonds. The number of hydrogen-bond donors (Lipinski definition) is 1. The minimum atomic E-state index is 0.639. The minimum Gasteiger partial charge on any atom is -0.397 e. The van der Waals surface area contributed by atoms with E-state index in [0.717, 1.165) is 11.6 Å². The Morgan fingerprint density at radius 1 is 1.31 bits per heavy atom. The van der Waals surface area contributed by atoms with Gasteiger partial charge in [-0.2, -0.15) is 5.10 Å². The largest absolute Gasteiger partial charge is 0.397 e. The molecule has 0 aromatic carbocycles. The van der Waals surface area contributed by atoms with Crippen LogP contribution >= 0.6 is 0 Å². The molecule has 0 spiro atoms. The van der Waals surface area contributed by atoms with Gasteiger partial charge in [-0.1, -0.05) is 0 Å². The molecule has 0 saturated carbocycles. The Balaban J connectivity index is 2.41. The molecule has 2 aromatic rings. The van der Waals surface area contributed by atoms with E-state index in [1.54, 1.807) is 29.3 Å². The number of nitrogens with zero attached hydrogens (tertiary/aromatic N) is 4. The zero-order valence-corrected chi connectivity index (χ0v) is 7.18. The lowest BCUT2D eigenvalue weighted by Gasteiger charge is -1.98. The molecule has 2 heterocycles. The van der Waals surface area contributed by atoms with Gasteiger partial charge in [0.15, 0.2) is 5.82 Å². The van der Waals surface area contributed by atoms with E-state index in [2.05, 4.69) is 15.1 Å². The summed E-state index contributed by atoms with van der Waals surface area (Å²) in [6.07, 6.45) is 3.21. The molecule has 0 atom stereocenters. The monoisotopic (exact) mass is 175 g/mol. The zero-order chi connectivity index (χ0) is 9.26. The maximum atomic E-state index is 5.50. The SMILES string of the molecule is Cc1ncn(-c2ccc(N)cn2)n1. The van der Waals surface area contributed by atoms with Gasteiger partial charge < -0.3 is 5.73 Å². The highest BCUT2D eigenvalue weighted by Crippen LogP contribution is 2.04. The molecular weight excluding hydrogens is 166 g/mol. The van der Waals surface area contributed by atoms with Crippen LogP contribution in [0.1, 0.15) is 5.82 Å². The van der Waals surface area contributed by atoms with Gasteiger partial charge in [-0.25, -0.2) is 14.6 Å². The van der Waals surface area contributed by atoms with Gasteiger partial charge >= 0.3 is 0 Å². The van der Waals surface area contributed by atoms with Crippen molar-refractivity contribution >= 4 is 5.69 Å². The molecule has 0 aliphatic rings. The second-order valence-corrected chi connectivity index (χ2v) is 2.69. The summed E-state index contributed by atoms with van der Waals surface area (Å²) in [7, 11) is 0. The predicted molar refractivity (Wildman–Crippen MR) is 48.3 cm³/mol. The van der Waals surface area contributed by atoms with Crippen LogP contribution in [0, 0.1) is 6.92 Å². The Labute approximate surface area is 75.2 Å². The van der Waals surface area contributed by atoms with E-state index in [4.69, 9.17) is 5.73 Å². The predicted octanol–water partition coefficient (Wildman–Crippen LogP) is 0.553. The minimum absolute atomic E-state index is 0.639. The number of anilines is 1. The second-order valence-electron chi connectivity index (χ2n) is 2.69. The summed E-state index contributed by atoms with van der Waals surface area (Å²) in [5.41, 5.74) is 6.14. The van der Waals surface area contributed by atoms with E-state index < -0.39 is 0 Å². The lowest BCUT2D eigenvalue weighted by atomic mass is 10.4. The maximum Gasteiger partial charge on any atom is 0.155 e. The van der Waals surface area contributed by atoms with E-state index in [-0.39, 0.29) is 0 Å². The molecule has 13 heavy (non-hydrogen) atoms. The molecule has 5 heteroatoms. The topological polar surface area (TPSA) is 69.6 Å². The Bertz CT molecular complexity index is 403. The summed E-state index contributed by atoms with van der Waals surface area (Å²) in [4.78, 5) is 8.09. The number of hydrogen-bond acceptors (Lipinski definition) is 4. The molecule has 0 fully saturated rings. The smallest absolute Gasteiger partial charge is 0.155 e. The van der Waals surface area contributed by atoms with Gasteiger partial charge in [0.25, 0.3) is 0 Å². The Hall–Kier alpha value is -1.91. The number of nitrogens with two attached hydrogens (primary N) is 1. The first kappa shape index (κ1) is 7.72. The summed E-state index contributed by atoms with van der Waals surface area (Å²) < 4.78 is 1.61. The van der Waals surface area contributed by atoms with Crippen LogP contribution in [0.15, 0.2) is 24.7 Å². The van der Waals surface area contributed by atoms with Gasteiger partial charge in [-0.05, 0) is 19.1 Å². The van der Waals surface area contributed by atoms with Crippen LogP contribution in [0.4, 0.5) is 5.69 Å². The summed E-state index contributed by atoms with van der Waals surface area (Å²) in [6.45, 7) is 1.83. The quantitative estimate of drug-likeness (QED) is 0.687. The molecule has 0 unspecified atom stereocenters. The van der Waals surface area contributed by atoms with E-state index in [0.29, 0.717) is 5.69 Å². The van der Waals surface area contributed by atoms with Crippen molar-refractivity contribution in [3.05, 3.63) is 30.5 Å². The van der Waals surface area contributed by atoms with Crippen molar-refractivity contribution in [2.75, 3.05) is 5.73 Å². The van der Waals surface area contributed by atoms with Crippen molar-refractivity contribution in [3.63, 3.8) is 0 Å². The van der Waals surface area contributed by atoms with Crippen LogP contribution in [0.5, 0.6) is 0 Å². The third kappa shape index (κ3) is 1.48. The zero-order valence-electron chi connectivity index (χ0n) is 7.18. The molecule has 0 saturated heterocycles. The average Bonchev–Trinajstić information content (AvgIpc) is 2.53. The van der Waals surface area contributed by atoms with Gasteiger partial charge in [-0.15, -0.1) is 0 Å². The van der Waals surface area contributed by atoms with Crippen molar-refractivity contribution in [3.8, 4) is 5.82 Å². The number of pyridine rings is 1. The van der Waals surface area contributed by atoms with Gasteiger partial charge in [-0.3, -0.25) is 0 Å². The normalized spacial score (nSPS) is 10.2. The van der Waals surface area contributed by atoms with E-state index >= 15 is 0 Å². The van der Waals surface area contributed by atoms with E-state index in [1.165, 1.54) is 0 Å². The van der Waals surface area contributed by atoms with Crippen molar-refractivity contribution in [2.24, 2.45) is 0 Å². The third-order valence-electron chi connectivity index (χ3n) is 1.61. The Morgan fingerprint density at radius 3 is 2.69 bits per heavy atom. The Morgan fingerprint density at radius 2 is 2.15 bits per heavy atom. The van der Waals surface area contributed by atoms with Crippen molar-refractivity contribution in [1.29, 1.82) is 0 Å². The van der Waals surface area contributed by atoms with E-state index in [9.17, 15) is 0 Å². The summed E-state index contributed by atoms with van der Waals surface area (Å²) in [5, 5.41) is 4.11. The third-order valence-corrected chi connectivity index (χ3v) is 1.61. The van der Waals surface area contributed by atoms with Gasteiger partial charge in [0.2, 0.25) is 0 Å². The molecule has 0 bridgehead atoms. The van der Waals surface area contributed by atoms with Crippen LogP contribution < -0.4 is 5.73 Å². The lowest BCUT2D eigenvalue weighted by molar-refractivity contribution is 0.833. The first-order chi connectivity index (χ1) is 6.25. The fraction of sp³-hybridized carbons (Fsp3) is 0.125. The maximum absolute atomic E-state index is 5.50. The standard InChI is InChI=1S/C8H9N5/c1-6-11-5-13(12-6)8-3-2-7(9)4-10-8/h2-5H,9H2,1H3. The first-order valence-corrected chi connectivity index (χ1v) is 3.86. The van der Waals surface area contributed by atoms with Crippen LogP contribution in [0.2, 0.25) is 0 Å².